The van der Waals surface area contributed by atoms with Gasteiger partial charge in [-0.25, -0.2) is 4.98 Å². The molecule has 0 spiro atoms. The largest absolute Gasteiger partial charge is 0.397 e. The average molecular weight is 219 g/mol. The van der Waals surface area contributed by atoms with Crippen molar-refractivity contribution in [2.45, 2.75) is 39.0 Å². The lowest BCUT2D eigenvalue weighted by Gasteiger charge is -2.27. The van der Waals surface area contributed by atoms with E-state index in [1.807, 2.05) is 6.07 Å². The van der Waals surface area contributed by atoms with Gasteiger partial charge in [-0.05, 0) is 31.4 Å². The summed E-state index contributed by atoms with van der Waals surface area (Å²) in [7, 11) is 0. The highest BCUT2D eigenvalue weighted by Gasteiger charge is 2.12. The van der Waals surface area contributed by atoms with Crippen LogP contribution in [0.15, 0.2) is 12.3 Å². The molecular weight excluding hydrogens is 198 g/mol. The van der Waals surface area contributed by atoms with Gasteiger partial charge >= 0.3 is 0 Å². The number of anilines is 2. The van der Waals surface area contributed by atoms with E-state index in [9.17, 15) is 0 Å². The maximum atomic E-state index is 5.73. The van der Waals surface area contributed by atoms with Crippen LogP contribution >= 0.6 is 0 Å². The zero-order valence-electron chi connectivity index (χ0n) is 10.1. The summed E-state index contributed by atoms with van der Waals surface area (Å²) >= 11 is 0. The molecule has 3 nitrogen and oxygen atoms in total. The Labute approximate surface area is 97.7 Å². The summed E-state index contributed by atoms with van der Waals surface area (Å²) in [5.41, 5.74) is 7.68. The molecule has 1 aliphatic rings. The Morgan fingerprint density at radius 1 is 1.12 bits per heavy atom. The lowest BCUT2D eigenvalue weighted by Crippen LogP contribution is -2.28. The standard InChI is InChI=1S/C13H21N3/c1-11-9-12(14)10-15-13(11)16-7-5-3-2-4-6-8-16/h9-10H,2-8,14H2,1H3. The van der Waals surface area contributed by atoms with Gasteiger partial charge in [-0.3, -0.25) is 0 Å². The van der Waals surface area contributed by atoms with Crippen LogP contribution in [-0.4, -0.2) is 18.1 Å². The van der Waals surface area contributed by atoms with Crippen LogP contribution < -0.4 is 10.6 Å². The third kappa shape index (κ3) is 2.65. The Morgan fingerprint density at radius 2 is 1.75 bits per heavy atom. The molecule has 0 bridgehead atoms. The Balaban J connectivity index is 2.14. The molecule has 2 heterocycles. The SMILES string of the molecule is Cc1cc(N)cnc1N1CCCCCCC1. The fourth-order valence-electron chi connectivity index (χ4n) is 2.38. The van der Waals surface area contributed by atoms with E-state index in [-0.39, 0.29) is 0 Å². The summed E-state index contributed by atoms with van der Waals surface area (Å²) < 4.78 is 0. The fraction of sp³-hybridized carbons (Fsp3) is 0.615. The molecular formula is C13H21N3. The minimum atomic E-state index is 0.758. The van der Waals surface area contributed by atoms with E-state index in [1.54, 1.807) is 6.20 Å². The molecule has 0 unspecified atom stereocenters. The first-order chi connectivity index (χ1) is 7.77. The van der Waals surface area contributed by atoms with Gasteiger partial charge in [0.25, 0.3) is 0 Å². The second-order valence-electron chi connectivity index (χ2n) is 4.66. The van der Waals surface area contributed by atoms with Crippen LogP contribution in [0, 0.1) is 6.92 Å². The number of nitrogen functional groups attached to an aromatic ring is 1. The van der Waals surface area contributed by atoms with Gasteiger partial charge in [0.15, 0.2) is 0 Å². The van der Waals surface area contributed by atoms with Gasteiger partial charge in [0.05, 0.1) is 11.9 Å². The molecule has 2 N–H and O–H groups in total. The maximum absolute atomic E-state index is 5.73. The van der Waals surface area contributed by atoms with Gasteiger partial charge in [0, 0.05) is 13.1 Å². The molecule has 16 heavy (non-hydrogen) atoms. The summed E-state index contributed by atoms with van der Waals surface area (Å²) in [6, 6.07) is 2.01. The van der Waals surface area contributed by atoms with Crippen molar-refractivity contribution in [3.63, 3.8) is 0 Å². The Morgan fingerprint density at radius 3 is 2.38 bits per heavy atom. The van der Waals surface area contributed by atoms with Gasteiger partial charge in [-0.15, -0.1) is 0 Å². The zero-order valence-corrected chi connectivity index (χ0v) is 10.1. The van der Waals surface area contributed by atoms with Crippen LogP contribution in [0.1, 0.15) is 37.7 Å². The summed E-state index contributed by atoms with van der Waals surface area (Å²) in [4.78, 5) is 6.89. The first kappa shape index (κ1) is 11.2. The molecule has 1 aromatic heterocycles. The van der Waals surface area contributed by atoms with Crippen LogP contribution in [-0.2, 0) is 0 Å². The van der Waals surface area contributed by atoms with Gasteiger partial charge in [-0.2, -0.15) is 0 Å². The molecule has 3 heteroatoms. The van der Waals surface area contributed by atoms with Crippen molar-refractivity contribution in [3.8, 4) is 0 Å². The Kier molecular flexibility index (Phi) is 3.65. The predicted molar refractivity (Wildman–Crippen MR) is 68.7 cm³/mol. The fourth-order valence-corrected chi connectivity index (χ4v) is 2.38. The molecule has 1 aromatic rings. The van der Waals surface area contributed by atoms with E-state index in [1.165, 1.54) is 37.7 Å². The molecule has 0 atom stereocenters. The van der Waals surface area contributed by atoms with Crippen molar-refractivity contribution in [2.75, 3.05) is 23.7 Å². The molecule has 1 saturated heterocycles. The number of hydrogen-bond donors (Lipinski definition) is 1. The summed E-state index contributed by atoms with van der Waals surface area (Å²) in [6.07, 6.45) is 8.43. The summed E-state index contributed by atoms with van der Waals surface area (Å²) in [5, 5.41) is 0. The van der Waals surface area contributed by atoms with E-state index in [4.69, 9.17) is 5.73 Å². The highest BCUT2D eigenvalue weighted by atomic mass is 15.2. The predicted octanol–water partition coefficient (Wildman–Crippen LogP) is 2.74. The Bertz CT molecular complexity index is 341. The van der Waals surface area contributed by atoms with Gasteiger partial charge in [0.2, 0.25) is 0 Å². The maximum Gasteiger partial charge on any atom is 0.131 e. The second kappa shape index (κ2) is 5.19. The summed E-state index contributed by atoms with van der Waals surface area (Å²) in [6.45, 7) is 4.37. The van der Waals surface area contributed by atoms with Crippen LogP contribution in [0.25, 0.3) is 0 Å². The first-order valence-corrected chi connectivity index (χ1v) is 6.24. The lowest BCUT2D eigenvalue weighted by molar-refractivity contribution is 0.553. The number of aromatic nitrogens is 1. The van der Waals surface area contributed by atoms with Gasteiger partial charge in [-0.1, -0.05) is 19.3 Å². The normalized spacial score (nSPS) is 17.9. The van der Waals surface area contributed by atoms with Crippen molar-refractivity contribution in [3.05, 3.63) is 17.8 Å². The number of nitrogens with zero attached hydrogens (tertiary/aromatic N) is 2. The smallest absolute Gasteiger partial charge is 0.131 e. The number of rotatable bonds is 1. The topological polar surface area (TPSA) is 42.1 Å². The number of pyridine rings is 1. The van der Waals surface area contributed by atoms with E-state index in [2.05, 4.69) is 16.8 Å². The number of nitrogens with two attached hydrogens (primary N) is 1. The van der Waals surface area contributed by atoms with E-state index < -0.39 is 0 Å². The molecule has 2 rings (SSSR count). The average Bonchev–Trinajstić information content (AvgIpc) is 2.19. The van der Waals surface area contributed by atoms with Crippen molar-refractivity contribution >= 4 is 11.5 Å². The highest BCUT2D eigenvalue weighted by Crippen LogP contribution is 2.21. The minimum absolute atomic E-state index is 0.758. The van der Waals surface area contributed by atoms with Crippen molar-refractivity contribution < 1.29 is 0 Å². The second-order valence-corrected chi connectivity index (χ2v) is 4.66. The van der Waals surface area contributed by atoms with Gasteiger partial charge < -0.3 is 10.6 Å². The molecule has 0 saturated carbocycles. The van der Waals surface area contributed by atoms with Crippen LogP contribution in [0.4, 0.5) is 11.5 Å². The first-order valence-electron chi connectivity index (χ1n) is 6.24. The van der Waals surface area contributed by atoms with Crippen molar-refractivity contribution in [1.82, 2.24) is 4.98 Å². The summed E-state index contributed by atoms with van der Waals surface area (Å²) in [5.74, 6) is 1.12. The Hall–Kier alpha value is -1.25. The van der Waals surface area contributed by atoms with Gasteiger partial charge in [0.1, 0.15) is 5.82 Å². The lowest BCUT2D eigenvalue weighted by atomic mass is 10.1. The monoisotopic (exact) mass is 219 g/mol. The zero-order chi connectivity index (χ0) is 11.4. The molecule has 88 valence electrons. The van der Waals surface area contributed by atoms with Crippen molar-refractivity contribution in [1.29, 1.82) is 0 Å². The van der Waals surface area contributed by atoms with Crippen molar-refractivity contribution in [2.24, 2.45) is 0 Å². The van der Waals surface area contributed by atoms with Crippen LogP contribution in [0.5, 0.6) is 0 Å². The van der Waals surface area contributed by atoms with E-state index in [0.717, 1.165) is 24.6 Å². The molecule has 0 aliphatic carbocycles. The molecule has 0 aromatic carbocycles. The van der Waals surface area contributed by atoms with Crippen LogP contribution in [0.2, 0.25) is 0 Å². The molecule has 1 fully saturated rings. The quantitative estimate of drug-likeness (QED) is 0.789. The number of hydrogen-bond acceptors (Lipinski definition) is 3. The third-order valence-corrected chi connectivity index (χ3v) is 3.23. The minimum Gasteiger partial charge on any atom is -0.397 e. The number of aryl methyl sites for hydroxylation is 1. The van der Waals surface area contributed by atoms with Crippen LogP contribution in [0.3, 0.4) is 0 Å². The third-order valence-electron chi connectivity index (χ3n) is 3.23. The molecule has 1 aliphatic heterocycles. The highest BCUT2D eigenvalue weighted by molar-refractivity contribution is 5.52. The molecule has 0 radical (unpaired) electrons. The molecule has 0 amide bonds. The van der Waals surface area contributed by atoms with E-state index >= 15 is 0 Å². The van der Waals surface area contributed by atoms with E-state index in [0.29, 0.717) is 0 Å².